The fraction of sp³-hybridized carbons (Fsp3) is 0.308. The molecule has 1 aromatic heterocycles. The Morgan fingerprint density at radius 2 is 2.11 bits per heavy atom. The van der Waals surface area contributed by atoms with Gasteiger partial charge in [0.1, 0.15) is 15.8 Å². The number of benzene rings is 1. The standard InChI is InChI=1S/C13H14ClNO2S2/c1-8-6-9(4-5-10(8)17-3)7-15(2)12-11(14)13(16)19-18-12/h4-6H,7H2,1-3H3. The van der Waals surface area contributed by atoms with Crippen LogP contribution in [0, 0.1) is 6.92 Å². The van der Waals surface area contributed by atoms with Gasteiger partial charge in [-0.15, -0.1) is 0 Å². The van der Waals surface area contributed by atoms with Crippen molar-refractivity contribution in [2.75, 3.05) is 19.1 Å². The number of aryl methyl sites for hydroxylation is 1. The number of methoxy groups -OCH3 is 1. The third-order valence-corrected chi connectivity index (χ3v) is 5.65. The van der Waals surface area contributed by atoms with Gasteiger partial charge in [0.05, 0.1) is 7.11 Å². The van der Waals surface area contributed by atoms with Gasteiger partial charge in [-0.25, -0.2) is 0 Å². The second-order valence-corrected chi connectivity index (χ2v) is 6.70. The monoisotopic (exact) mass is 315 g/mol. The second kappa shape index (κ2) is 5.94. The van der Waals surface area contributed by atoms with Gasteiger partial charge in [0.15, 0.2) is 0 Å². The van der Waals surface area contributed by atoms with Crippen molar-refractivity contribution < 1.29 is 4.74 Å². The highest BCUT2D eigenvalue weighted by Crippen LogP contribution is 2.31. The molecular formula is C13H14ClNO2S2. The van der Waals surface area contributed by atoms with Crippen LogP contribution >= 0.6 is 32.3 Å². The maximum atomic E-state index is 11.4. The first-order valence-electron chi connectivity index (χ1n) is 5.66. The first-order valence-corrected chi connectivity index (χ1v) is 8.19. The molecule has 0 aliphatic rings. The van der Waals surface area contributed by atoms with Crippen LogP contribution in [0.3, 0.4) is 0 Å². The predicted molar refractivity (Wildman–Crippen MR) is 83.3 cm³/mol. The van der Waals surface area contributed by atoms with E-state index in [4.69, 9.17) is 16.3 Å². The van der Waals surface area contributed by atoms with Crippen molar-refractivity contribution in [1.29, 1.82) is 0 Å². The highest BCUT2D eigenvalue weighted by atomic mass is 35.5. The first-order chi connectivity index (χ1) is 9.02. The molecule has 0 aliphatic heterocycles. The molecule has 0 bridgehead atoms. The Kier molecular flexibility index (Phi) is 4.50. The zero-order valence-electron chi connectivity index (χ0n) is 10.9. The van der Waals surface area contributed by atoms with Gasteiger partial charge in [-0.05, 0) is 34.5 Å². The molecule has 3 nitrogen and oxygen atoms in total. The molecule has 6 heteroatoms. The molecule has 0 radical (unpaired) electrons. The number of ether oxygens (including phenoxy) is 1. The molecule has 1 heterocycles. The lowest BCUT2D eigenvalue weighted by Gasteiger charge is -2.18. The molecule has 0 amide bonds. The molecule has 19 heavy (non-hydrogen) atoms. The Labute approximate surface area is 124 Å². The highest BCUT2D eigenvalue weighted by Gasteiger charge is 2.13. The Morgan fingerprint density at radius 3 is 2.63 bits per heavy atom. The maximum absolute atomic E-state index is 11.4. The minimum absolute atomic E-state index is 0.0700. The summed E-state index contributed by atoms with van der Waals surface area (Å²) in [5.41, 5.74) is 2.25. The van der Waals surface area contributed by atoms with Crippen LogP contribution in [0.5, 0.6) is 5.75 Å². The van der Waals surface area contributed by atoms with Crippen molar-refractivity contribution in [3.8, 4) is 5.75 Å². The highest BCUT2D eigenvalue weighted by molar-refractivity contribution is 7.70. The van der Waals surface area contributed by atoms with Crippen LogP contribution in [-0.2, 0) is 6.54 Å². The lowest BCUT2D eigenvalue weighted by Crippen LogP contribution is -2.16. The summed E-state index contributed by atoms with van der Waals surface area (Å²) in [5.74, 6) is 0.879. The van der Waals surface area contributed by atoms with E-state index >= 15 is 0 Å². The molecule has 0 N–H and O–H groups in total. The molecular weight excluding hydrogens is 302 g/mol. The quantitative estimate of drug-likeness (QED) is 0.804. The molecule has 0 unspecified atom stereocenters. The molecule has 2 aromatic rings. The van der Waals surface area contributed by atoms with Crippen molar-refractivity contribution in [3.63, 3.8) is 0 Å². The average Bonchev–Trinajstić information content (AvgIpc) is 2.70. The van der Waals surface area contributed by atoms with E-state index in [9.17, 15) is 4.79 Å². The summed E-state index contributed by atoms with van der Waals surface area (Å²) in [6.07, 6.45) is 0. The second-order valence-electron chi connectivity index (χ2n) is 4.23. The van der Waals surface area contributed by atoms with Gasteiger partial charge in [0.2, 0.25) is 0 Å². The van der Waals surface area contributed by atoms with Gasteiger partial charge >= 0.3 is 0 Å². The molecule has 0 spiro atoms. The fourth-order valence-corrected chi connectivity index (χ4v) is 4.60. The minimum Gasteiger partial charge on any atom is -0.496 e. The fourth-order valence-electron chi connectivity index (χ4n) is 1.85. The third kappa shape index (κ3) is 3.11. The van der Waals surface area contributed by atoms with Crippen molar-refractivity contribution in [3.05, 3.63) is 43.9 Å². The Hall–Kier alpha value is -1.04. The van der Waals surface area contributed by atoms with E-state index in [1.807, 2.05) is 31.0 Å². The number of halogens is 1. The van der Waals surface area contributed by atoms with Crippen LogP contribution in [0.1, 0.15) is 11.1 Å². The van der Waals surface area contributed by atoms with E-state index < -0.39 is 0 Å². The van der Waals surface area contributed by atoms with E-state index in [0.717, 1.165) is 21.9 Å². The summed E-state index contributed by atoms with van der Waals surface area (Å²) in [4.78, 5) is 13.4. The van der Waals surface area contributed by atoms with Gasteiger partial charge in [0, 0.05) is 13.6 Å². The van der Waals surface area contributed by atoms with E-state index in [1.165, 1.54) is 20.7 Å². The summed E-state index contributed by atoms with van der Waals surface area (Å²) in [6, 6.07) is 6.06. The van der Waals surface area contributed by atoms with Crippen LogP contribution < -0.4 is 14.4 Å². The largest absolute Gasteiger partial charge is 0.496 e. The van der Waals surface area contributed by atoms with E-state index in [0.29, 0.717) is 11.6 Å². The lowest BCUT2D eigenvalue weighted by atomic mass is 10.1. The van der Waals surface area contributed by atoms with Crippen molar-refractivity contribution in [2.24, 2.45) is 0 Å². The summed E-state index contributed by atoms with van der Waals surface area (Å²) >= 11 is 6.00. The molecule has 2 rings (SSSR count). The Balaban J connectivity index is 2.19. The molecule has 0 fully saturated rings. The molecule has 0 saturated carbocycles. The Bertz CT molecular complexity index is 636. The van der Waals surface area contributed by atoms with E-state index in [2.05, 4.69) is 6.07 Å². The maximum Gasteiger partial charge on any atom is 0.263 e. The van der Waals surface area contributed by atoms with Crippen molar-refractivity contribution in [2.45, 2.75) is 13.5 Å². The summed E-state index contributed by atoms with van der Waals surface area (Å²) in [6.45, 7) is 2.72. The summed E-state index contributed by atoms with van der Waals surface area (Å²) in [5, 5.41) is 1.15. The van der Waals surface area contributed by atoms with Crippen molar-refractivity contribution in [1.82, 2.24) is 0 Å². The first kappa shape index (κ1) is 14.4. The molecule has 102 valence electrons. The molecule has 1 aromatic carbocycles. The summed E-state index contributed by atoms with van der Waals surface area (Å²) in [7, 11) is 6.18. The van der Waals surface area contributed by atoms with Gasteiger partial charge in [-0.1, -0.05) is 34.1 Å². The average molecular weight is 316 g/mol. The number of hydrogen-bond donors (Lipinski definition) is 0. The number of anilines is 1. The van der Waals surface area contributed by atoms with Crippen LogP contribution in [0.2, 0.25) is 5.02 Å². The minimum atomic E-state index is -0.0700. The van der Waals surface area contributed by atoms with Gasteiger partial charge < -0.3 is 9.64 Å². The molecule has 0 aliphatic carbocycles. The number of rotatable bonds is 4. The normalized spacial score (nSPS) is 10.5. The summed E-state index contributed by atoms with van der Waals surface area (Å²) < 4.78 is 5.17. The molecule has 0 saturated heterocycles. The van der Waals surface area contributed by atoms with Gasteiger partial charge in [-0.2, -0.15) is 0 Å². The van der Waals surface area contributed by atoms with Crippen LogP contribution in [0.25, 0.3) is 0 Å². The Morgan fingerprint density at radius 1 is 1.37 bits per heavy atom. The van der Waals surface area contributed by atoms with Crippen LogP contribution in [0.15, 0.2) is 23.0 Å². The lowest BCUT2D eigenvalue weighted by molar-refractivity contribution is 0.411. The van der Waals surface area contributed by atoms with Gasteiger partial charge in [-0.3, -0.25) is 4.79 Å². The number of nitrogens with zero attached hydrogens (tertiary/aromatic N) is 1. The SMILES string of the molecule is COc1ccc(CN(C)c2ssc(=O)c2Cl)cc1C. The zero-order valence-corrected chi connectivity index (χ0v) is 13.3. The predicted octanol–water partition coefficient (Wildman–Crippen LogP) is 3.78. The molecule has 0 atom stereocenters. The number of hydrogen-bond acceptors (Lipinski definition) is 5. The zero-order chi connectivity index (χ0) is 14.0. The topological polar surface area (TPSA) is 29.5 Å². The third-order valence-electron chi connectivity index (χ3n) is 2.79. The smallest absolute Gasteiger partial charge is 0.263 e. The van der Waals surface area contributed by atoms with Crippen LogP contribution in [-0.4, -0.2) is 14.2 Å². The van der Waals surface area contributed by atoms with Crippen LogP contribution in [0.4, 0.5) is 5.00 Å². The van der Waals surface area contributed by atoms with Crippen molar-refractivity contribution >= 4 is 37.3 Å². The van der Waals surface area contributed by atoms with E-state index in [-0.39, 0.29) is 4.74 Å². The van der Waals surface area contributed by atoms with Gasteiger partial charge in [0.25, 0.3) is 4.74 Å². The van der Waals surface area contributed by atoms with E-state index in [1.54, 1.807) is 7.11 Å².